The summed E-state index contributed by atoms with van der Waals surface area (Å²) in [6.07, 6.45) is 1.16. The molecule has 0 saturated carbocycles. The minimum atomic E-state index is -0.707. The van der Waals surface area contributed by atoms with Gasteiger partial charge in [-0.1, -0.05) is 24.9 Å². The van der Waals surface area contributed by atoms with Gasteiger partial charge in [0.25, 0.3) is 11.6 Å². The Kier molecular flexibility index (Phi) is 6.42. The molecule has 1 aromatic rings. The molecule has 0 aromatic heterocycles. The van der Waals surface area contributed by atoms with Crippen molar-refractivity contribution >= 4 is 23.2 Å². The molecule has 2 unspecified atom stereocenters. The minimum Gasteiger partial charge on any atom is -0.481 e. The van der Waals surface area contributed by atoms with Gasteiger partial charge in [-0.15, -0.1) is 0 Å². The summed E-state index contributed by atoms with van der Waals surface area (Å²) in [5, 5.41) is 13.5. The molecule has 1 aromatic carbocycles. The molecule has 6 nitrogen and oxygen atoms in total. The van der Waals surface area contributed by atoms with Crippen LogP contribution in [0.5, 0.6) is 5.75 Å². The molecule has 1 rings (SSSR count). The Hall–Kier alpha value is -1.82. The SMILES string of the molecule is CCCC(C)NC(=O)C(C)Oc1ccc([N+](=O)[O-])c(Cl)c1. The Balaban J connectivity index is 2.66. The van der Waals surface area contributed by atoms with Gasteiger partial charge in [0, 0.05) is 18.2 Å². The summed E-state index contributed by atoms with van der Waals surface area (Å²) in [6, 6.07) is 4.08. The van der Waals surface area contributed by atoms with E-state index in [1.807, 2.05) is 13.8 Å². The molecule has 21 heavy (non-hydrogen) atoms. The van der Waals surface area contributed by atoms with Crippen LogP contribution in [0, 0.1) is 10.1 Å². The van der Waals surface area contributed by atoms with Crippen LogP contribution in [-0.4, -0.2) is 23.0 Å². The maximum Gasteiger partial charge on any atom is 0.288 e. The van der Waals surface area contributed by atoms with Crippen molar-refractivity contribution in [3.8, 4) is 5.75 Å². The van der Waals surface area contributed by atoms with Crippen molar-refractivity contribution in [2.45, 2.75) is 45.8 Å². The molecule has 1 amide bonds. The van der Waals surface area contributed by atoms with Gasteiger partial charge in [-0.25, -0.2) is 0 Å². The Morgan fingerprint density at radius 1 is 1.48 bits per heavy atom. The van der Waals surface area contributed by atoms with Crippen LogP contribution in [0.3, 0.4) is 0 Å². The van der Waals surface area contributed by atoms with Gasteiger partial charge in [0.05, 0.1) is 4.92 Å². The zero-order valence-corrected chi connectivity index (χ0v) is 13.0. The zero-order chi connectivity index (χ0) is 16.0. The smallest absolute Gasteiger partial charge is 0.288 e. The van der Waals surface area contributed by atoms with Gasteiger partial charge in [0.15, 0.2) is 6.10 Å². The predicted octanol–water partition coefficient (Wildman–Crippen LogP) is 3.32. The summed E-state index contributed by atoms with van der Waals surface area (Å²) in [7, 11) is 0. The largest absolute Gasteiger partial charge is 0.481 e. The van der Waals surface area contributed by atoms with Gasteiger partial charge < -0.3 is 10.1 Å². The Bertz CT molecular complexity index is 522. The molecule has 0 saturated heterocycles. The van der Waals surface area contributed by atoms with E-state index in [0.717, 1.165) is 12.8 Å². The lowest BCUT2D eigenvalue weighted by Gasteiger charge is -2.18. The fourth-order valence-corrected chi connectivity index (χ4v) is 2.07. The highest BCUT2D eigenvalue weighted by Crippen LogP contribution is 2.28. The Labute approximate surface area is 128 Å². The van der Waals surface area contributed by atoms with Crippen molar-refractivity contribution in [1.82, 2.24) is 5.32 Å². The van der Waals surface area contributed by atoms with E-state index in [1.54, 1.807) is 6.92 Å². The number of halogens is 1. The van der Waals surface area contributed by atoms with Gasteiger partial charge in [0.1, 0.15) is 10.8 Å². The third kappa shape index (κ3) is 5.23. The molecular formula is C14H19ClN2O4. The Morgan fingerprint density at radius 3 is 2.67 bits per heavy atom. The van der Waals surface area contributed by atoms with Gasteiger partial charge >= 0.3 is 0 Å². The van der Waals surface area contributed by atoms with Crippen molar-refractivity contribution in [2.24, 2.45) is 0 Å². The summed E-state index contributed by atoms with van der Waals surface area (Å²) in [6.45, 7) is 5.58. The monoisotopic (exact) mass is 314 g/mol. The molecule has 116 valence electrons. The number of nitrogens with zero attached hydrogens (tertiary/aromatic N) is 1. The van der Waals surface area contributed by atoms with E-state index in [2.05, 4.69) is 5.32 Å². The van der Waals surface area contributed by atoms with Crippen molar-refractivity contribution < 1.29 is 14.5 Å². The second kappa shape index (κ2) is 7.83. The van der Waals surface area contributed by atoms with E-state index >= 15 is 0 Å². The molecule has 0 spiro atoms. The first kappa shape index (κ1) is 17.2. The quantitative estimate of drug-likeness (QED) is 0.618. The first-order chi connectivity index (χ1) is 9.85. The number of nitro groups is 1. The van der Waals surface area contributed by atoms with Gasteiger partial charge in [-0.2, -0.15) is 0 Å². The average Bonchev–Trinajstić information content (AvgIpc) is 2.38. The summed E-state index contributed by atoms with van der Waals surface area (Å²) >= 11 is 5.79. The average molecular weight is 315 g/mol. The van der Waals surface area contributed by atoms with E-state index in [9.17, 15) is 14.9 Å². The highest BCUT2D eigenvalue weighted by atomic mass is 35.5. The molecule has 0 aliphatic heterocycles. The van der Waals surface area contributed by atoms with E-state index < -0.39 is 11.0 Å². The molecule has 0 heterocycles. The number of nitrogens with one attached hydrogen (secondary N) is 1. The molecule has 0 aliphatic carbocycles. The number of carbonyl (C=O) groups is 1. The van der Waals surface area contributed by atoms with Crippen LogP contribution >= 0.6 is 11.6 Å². The first-order valence-corrected chi connectivity index (χ1v) is 7.14. The lowest BCUT2D eigenvalue weighted by Crippen LogP contribution is -2.41. The normalized spacial score (nSPS) is 13.3. The molecular weight excluding hydrogens is 296 g/mol. The number of hydrogen-bond donors (Lipinski definition) is 1. The minimum absolute atomic E-state index is 0.0236. The summed E-state index contributed by atoms with van der Waals surface area (Å²) < 4.78 is 5.45. The predicted molar refractivity (Wildman–Crippen MR) is 80.7 cm³/mol. The molecule has 7 heteroatoms. The number of rotatable bonds is 7. The maximum absolute atomic E-state index is 11.9. The van der Waals surface area contributed by atoms with E-state index in [1.165, 1.54) is 18.2 Å². The van der Waals surface area contributed by atoms with Crippen LogP contribution in [0.25, 0.3) is 0 Å². The fourth-order valence-electron chi connectivity index (χ4n) is 1.83. The summed E-state index contributed by atoms with van der Waals surface area (Å²) in [5.74, 6) is 0.0850. The molecule has 0 radical (unpaired) electrons. The molecule has 2 atom stereocenters. The van der Waals surface area contributed by atoms with Crippen LogP contribution in [0.15, 0.2) is 18.2 Å². The van der Waals surface area contributed by atoms with Crippen LogP contribution in [0.1, 0.15) is 33.6 Å². The lowest BCUT2D eigenvalue weighted by molar-refractivity contribution is -0.384. The van der Waals surface area contributed by atoms with Gasteiger partial charge in [0.2, 0.25) is 0 Å². The molecule has 0 bridgehead atoms. The van der Waals surface area contributed by atoms with Crippen LogP contribution in [0.4, 0.5) is 5.69 Å². The lowest BCUT2D eigenvalue weighted by atomic mass is 10.2. The fraction of sp³-hybridized carbons (Fsp3) is 0.500. The molecule has 0 aliphatic rings. The van der Waals surface area contributed by atoms with Gasteiger partial charge in [-0.05, 0) is 26.3 Å². The summed E-state index contributed by atoms with van der Waals surface area (Å²) in [4.78, 5) is 22.0. The maximum atomic E-state index is 11.9. The standard InChI is InChI=1S/C14H19ClN2O4/c1-4-5-9(2)16-14(18)10(3)21-11-6-7-13(17(19)20)12(15)8-11/h6-10H,4-5H2,1-3H3,(H,16,18). The summed E-state index contributed by atoms with van der Waals surface area (Å²) in [5.41, 5.74) is -0.197. The third-order valence-electron chi connectivity index (χ3n) is 2.91. The van der Waals surface area contributed by atoms with Crippen molar-refractivity contribution in [1.29, 1.82) is 0 Å². The number of benzene rings is 1. The van der Waals surface area contributed by atoms with Crippen molar-refractivity contribution in [2.75, 3.05) is 0 Å². The molecule has 0 fully saturated rings. The zero-order valence-electron chi connectivity index (χ0n) is 12.3. The topological polar surface area (TPSA) is 81.5 Å². The second-order valence-electron chi connectivity index (χ2n) is 4.83. The van der Waals surface area contributed by atoms with Crippen LogP contribution < -0.4 is 10.1 Å². The number of ether oxygens (including phenoxy) is 1. The number of nitro benzene ring substituents is 1. The van der Waals surface area contributed by atoms with E-state index in [4.69, 9.17) is 16.3 Å². The van der Waals surface area contributed by atoms with Crippen molar-refractivity contribution in [3.05, 3.63) is 33.3 Å². The van der Waals surface area contributed by atoms with Crippen LogP contribution in [-0.2, 0) is 4.79 Å². The first-order valence-electron chi connectivity index (χ1n) is 6.76. The van der Waals surface area contributed by atoms with Crippen molar-refractivity contribution in [3.63, 3.8) is 0 Å². The van der Waals surface area contributed by atoms with E-state index in [0.29, 0.717) is 5.75 Å². The highest BCUT2D eigenvalue weighted by Gasteiger charge is 2.18. The van der Waals surface area contributed by atoms with Crippen LogP contribution in [0.2, 0.25) is 5.02 Å². The highest BCUT2D eigenvalue weighted by molar-refractivity contribution is 6.32. The molecule has 1 N–H and O–H groups in total. The number of amides is 1. The Morgan fingerprint density at radius 2 is 2.14 bits per heavy atom. The van der Waals surface area contributed by atoms with E-state index in [-0.39, 0.29) is 22.7 Å². The number of carbonyl (C=O) groups excluding carboxylic acids is 1. The third-order valence-corrected chi connectivity index (χ3v) is 3.21. The second-order valence-corrected chi connectivity index (χ2v) is 5.24. The number of hydrogen-bond acceptors (Lipinski definition) is 4. The van der Waals surface area contributed by atoms with Gasteiger partial charge in [-0.3, -0.25) is 14.9 Å².